The number of rotatable bonds is 5. The van der Waals surface area contributed by atoms with E-state index < -0.39 is 0 Å². The Labute approximate surface area is 182 Å². The van der Waals surface area contributed by atoms with E-state index in [1.807, 2.05) is 32.0 Å². The van der Waals surface area contributed by atoms with Crippen molar-refractivity contribution in [1.29, 1.82) is 0 Å². The molecule has 0 spiro atoms. The van der Waals surface area contributed by atoms with E-state index in [9.17, 15) is 14.0 Å². The molecule has 2 heterocycles. The van der Waals surface area contributed by atoms with Gasteiger partial charge in [-0.1, -0.05) is 42.8 Å². The van der Waals surface area contributed by atoms with Gasteiger partial charge in [0.2, 0.25) is 0 Å². The van der Waals surface area contributed by atoms with Crippen molar-refractivity contribution in [3.8, 4) is 0 Å². The van der Waals surface area contributed by atoms with Crippen LogP contribution in [0.5, 0.6) is 0 Å². The van der Waals surface area contributed by atoms with E-state index in [-0.39, 0.29) is 24.2 Å². The number of halogens is 1. The zero-order valence-corrected chi connectivity index (χ0v) is 18.3. The molecule has 6 heteroatoms. The summed E-state index contributed by atoms with van der Waals surface area (Å²) >= 11 is 0. The van der Waals surface area contributed by atoms with Gasteiger partial charge in [-0.15, -0.1) is 0 Å². The summed E-state index contributed by atoms with van der Waals surface area (Å²) in [7, 11) is 0. The van der Waals surface area contributed by atoms with E-state index in [1.54, 1.807) is 12.1 Å². The van der Waals surface area contributed by atoms with Crippen LogP contribution in [0, 0.1) is 19.7 Å². The first kappa shape index (κ1) is 21.2. The fraction of sp³-hybridized carbons (Fsp3) is 0.360. The number of carbonyl (C=O) groups excluding carboxylic acids is 2. The van der Waals surface area contributed by atoms with Crippen LogP contribution in [0.15, 0.2) is 48.2 Å². The maximum absolute atomic E-state index is 13.5. The maximum atomic E-state index is 13.5. The molecule has 4 rings (SSSR count). The van der Waals surface area contributed by atoms with Gasteiger partial charge in [0.15, 0.2) is 0 Å². The van der Waals surface area contributed by atoms with Crippen molar-refractivity contribution in [2.24, 2.45) is 0 Å². The number of amides is 2. The molecule has 0 unspecified atom stereocenters. The van der Waals surface area contributed by atoms with Gasteiger partial charge in [-0.3, -0.25) is 14.5 Å². The number of piperazine rings is 1. The normalized spacial score (nSPS) is 17.8. The second-order valence-corrected chi connectivity index (χ2v) is 8.29. The molecule has 0 radical (unpaired) electrons. The molecule has 2 aliphatic heterocycles. The van der Waals surface area contributed by atoms with Crippen LogP contribution in [0.2, 0.25) is 0 Å². The summed E-state index contributed by atoms with van der Waals surface area (Å²) in [5.74, 6) is -0.894. The van der Waals surface area contributed by atoms with Crippen LogP contribution in [0.1, 0.15) is 29.2 Å². The van der Waals surface area contributed by atoms with E-state index in [2.05, 4.69) is 16.7 Å². The highest BCUT2D eigenvalue weighted by Gasteiger charge is 2.42. The smallest absolute Gasteiger partial charge is 0.278 e. The SMILES string of the molecule is CCN1CCN(C2=C(c3ccc(C)cc3C)C(=O)N(Cc3ccc(F)cc3)C2=O)CC1. The Morgan fingerprint density at radius 2 is 1.58 bits per heavy atom. The Hall–Kier alpha value is -2.99. The Kier molecular flexibility index (Phi) is 5.92. The monoisotopic (exact) mass is 421 g/mol. The third-order valence-corrected chi connectivity index (χ3v) is 6.18. The van der Waals surface area contributed by atoms with E-state index in [0.717, 1.165) is 41.9 Å². The largest absolute Gasteiger partial charge is 0.364 e. The van der Waals surface area contributed by atoms with E-state index in [4.69, 9.17) is 0 Å². The first-order valence-electron chi connectivity index (χ1n) is 10.8. The predicted molar refractivity (Wildman–Crippen MR) is 118 cm³/mol. The number of aryl methyl sites for hydroxylation is 2. The van der Waals surface area contributed by atoms with Crippen molar-refractivity contribution >= 4 is 17.4 Å². The Morgan fingerprint density at radius 3 is 2.19 bits per heavy atom. The lowest BCUT2D eigenvalue weighted by Crippen LogP contribution is -2.47. The lowest BCUT2D eigenvalue weighted by atomic mass is 9.97. The molecule has 0 saturated carbocycles. The summed E-state index contributed by atoms with van der Waals surface area (Å²) in [6.45, 7) is 10.4. The van der Waals surface area contributed by atoms with Gasteiger partial charge in [-0.2, -0.15) is 0 Å². The number of benzene rings is 2. The number of likely N-dealkylation sites (N-methyl/N-ethyl adjacent to an activating group) is 1. The molecule has 1 fully saturated rings. The molecule has 162 valence electrons. The van der Waals surface area contributed by atoms with Crippen LogP contribution >= 0.6 is 0 Å². The molecular weight excluding hydrogens is 393 g/mol. The molecule has 0 N–H and O–H groups in total. The van der Waals surface area contributed by atoms with Crippen molar-refractivity contribution in [3.63, 3.8) is 0 Å². The number of carbonyl (C=O) groups is 2. The summed E-state index contributed by atoms with van der Waals surface area (Å²) < 4.78 is 13.3. The summed E-state index contributed by atoms with van der Waals surface area (Å²) in [6.07, 6.45) is 0. The van der Waals surface area contributed by atoms with Crippen molar-refractivity contribution in [2.75, 3.05) is 32.7 Å². The van der Waals surface area contributed by atoms with Gasteiger partial charge in [-0.25, -0.2) is 4.39 Å². The van der Waals surface area contributed by atoms with Crippen LogP contribution in [-0.2, 0) is 16.1 Å². The van der Waals surface area contributed by atoms with Gasteiger partial charge >= 0.3 is 0 Å². The number of imide groups is 1. The highest BCUT2D eigenvalue weighted by Crippen LogP contribution is 2.34. The second-order valence-electron chi connectivity index (χ2n) is 8.29. The maximum Gasteiger partial charge on any atom is 0.278 e. The van der Waals surface area contributed by atoms with Crippen molar-refractivity contribution in [3.05, 3.63) is 76.2 Å². The molecule has 2 aromatic rings. The van der Waals surface area contributed by atoms with Crippen molar-refractivity contribution in [1.82, 2.24) is 14.7 Å². The molecule has 2 aromatic carbocycles. The third-order valence-electron chi connectivity index (χ3n) is 6.18. The quantitative estimate of drug-likeness (QED) is 0.695. The van der Waals surface area contributed by atoms with Gasteiger partial charge in [0.25, 0.3) is 11.8 Å². The van der Waals surface area contributed by atoms with Gasteiger partial charge in [-0.05, 0) is 49.2 Å². The molecule has 0 aromatic heterocycles. The summed E-state index contributed by atoms with van der Waals surface area (Å²) in [5, 5.41) is 0. The minimum atomic E-state index is -0.341. The molecule has 31 heavy (non-hydrogen) atoms. The molecular formula is C25H28FN3O2. The second kappa shape index (κ2) is 8.63. The first-order chi connectivity index (χ1) is 14.9. The van der Waals surface area contributed by atoms with Gasteiger partial charge in [0, 0.05) is 26.2 Å². The average molecular weight is 422 g/mol. The molecule has 0 bridgehead atoms. The Balaban J connectivity index is 1.73. The lowest BCUT2D eigenvalue weighted by Gasteiger charge is -2.36. The number of hydrogen-bond acceptors (Lipinski definition) is 4. The molecule has 0 atom stereocenters. The molecule has 2 aliphatic rings. The van der Waals surface area contributed by atoms with E-state index in [0.29, 0.717) is 24.4 Å². The summed E-state index contributed by atoms with van der Waals surface area (Å²) in [4.78, 5) is 32.7. The van der Waals surface area contributed by atoms with Crippen LogP contribution < -0.4 is 0 Å². The molecule has 2 amide bonds. The van der Waals surface area contributed by atoms with Crippen LogP contribution in [0.25, 0.3) is 5.57 Å². The Bertz CT molecular complexity index is 1040. The third kappa shape index (κ3) is 4.12. The van der Waals surface area contributed by atoms with Gasteiger partial charge in [0.05, 0.1) is 12.1 Å². The topological polar surface area (TPSA) is 43.9 Å². The minimum absolute atomic E-state index is 0.130. The summed E-state index contributed by atoms with van der Waals surface area (Å²) in [6, 6.07) is 11.9. The van der Waals surface area contributed by atoms with Gasteiger partial charge in [0.1, 0.15) is 11.5 Å². The predicted octanol–water partition coefficient (Wildman–Crippen LogP) is 3.36. The molecule has 5 nitrogen and oxygen atoms in total. The Morgan fingerprint density at radius 1 is 0.903 bits per heavy atom. The highest BCUT2D eigenvalue weighted by molar-refractivity contribution is 6.35. The van der Waals surface area contributed by atoms with Crippen molar-refractivity contribution in [2.45, 2.75) is 27.3 Å². The zero-order chi connectivity index (χ0) is 22.1. The standard InChI is InChI=1S/C25H28FN3O2/c1-4-27-11-13-28(14-12-27)23-22(21-10-5-17(2)15-18(21)3)24(30)29(25(23)31)16-19-6-8-20(26)9-7-19/h5-10,15H,4,11-14,16H2,1-3H3. The summed E-state index contributed by atoms with van der Waals surface area (Å²) in [5.41, 5.74) is 4.59. The van der Waals surface area contributed by atoms with E-state index >= 15 is 0 Å². The highest BCUT2D eigenvalue weighted by atomic mass is 19.1. The number of nitrogens with zero attached hydrogens (tertiary/aromatic N) is 3. The van der Waals surface area contributed by atoms with Crippen LogP contribution in [-0.4, -0.2) is 59.2 Å². The fourth-order valence-corrected chi connectivity index (χ4v) is 4.40. The van der Waals surface area contributed by atoms with Gasteiger partial charge < -0.3 is 9.80 Å². The molecule has 0 aliphatic carbocycles. The van der Waals surface area contributed by atoms with Crippen LogP contribution in [0.4, 0.5) is 4.39 Å². The average Bonchev–Trinajstić information content (AvgIpc) is 3.00. The minimum Gasteiger partial charge on any atom is -0.364 e. The zero-order valence-electron chi connectivity index (χ0n) is 18.3. The number of hydrogen-bond donors (Lipinski definition) is 0. The first-order valence-corrected chi connectivity index (χ1v) is 10.8. The fourth-order valence-electron chi connectivity index (χ4n) is 4.40. The molecule has 1 saturated heterocycles. The van der Waals surface area contributed by atoms with Crippen LogP contribution in [0.3, 0.4) is 0 Å². The lowest BCUT2D eigenvalue weighted by molar-refractivity contribution is -0.138. The van der Waals surface area contributed by atoms with Crippen molar-refractivity contribution < 1.29 is 14.0 Å². The van der Waals surface area contributed by atoms with E-state index in [1.165, 1.54) is 17.0 Å².